The molecule has 1 fully saturated rings. The van der Waals surface area contributed by atoms with E-state index in [1.165, 1.54) is 6.33 Å². The number of amides is 1. The van der Waals surface area contributed by atoms with Gasteiger partial charge in [0, 0.05) is 5.56 Å². The fraction of sp³-hybridized carbons (Fsp3) is 0.500. The first-order valence-corrected chi connectivity index (χ1v) is 14.6. The number of benzene rings is 1. The van der Waals surface area contributed by atoms with E-state index in [4.69, 9.17) is 9.16 Å². The van der Waals surface area contributed by atoms with Gasteiger partial charge in [0.2, 0.25) is 0 Å². The van der Waals surface area contributed by atoms with Crippen molar-refractivity contribution < 1.29 is 24.2 Å². The smallest absolute Gasteiger partial charge is 0.256 e. The van der Waals surface area contributed by atoms with Gasteiger partial charge in [-0.1, -0.05) is 39.0 Å². The summed E-state index contributed by atoms with van der Waals surface area (Å²) in [5.74, 6) is -0.0172. The van der Waals surface area contributed by atoms with Crippen molar-refractivity contribution >= 4 is 31.2 Å². The maximum Gasteiger partial charge on any atom is 0.256 e. The zero-order chi connectivity index (χ0) is 25.4. The van der Waals surface area contributed by atoms with Crippen molar-refractivity contribution in [2.75, 3.05) is 18.5 Å². The van der Waals surface area contributed by atoms with Crippen molar-refractivity contribution in [1.82, 2.24) is 19.5 Å². The summed E-state index contributed by atoms with van der Waals surface area (Å²) in [6, 6.07) is 8.40. The van der Waals surface area contributed by atoms with E-state index < -0.39 is 32.7 Å². The van der Waals surface area contributed by atoms with Crippen LogP contribution in [0.25, 0.3) is 11.2 Å². The van der Waals surface area contributed by atoms with Gasteiger partial charge in [-0.3, -0.25) is 4.79 Å². The summed E-state index contributed by atoms with van der Waals surface area (Å²) in [4.78, 5) is 25.8. The Morgan fingerprint density at radius 3 is 2.60 bits per heavy atom. The first-order valence-electron chi connectivity index (χ1n) is 11.7. The molecule has 3 N–H and O–H groups in total. The molecule has 3 heterocycles. The largest absolute Gasteiger partial charge is 0.409 e. The van der Waals surface area contributed by atoms with E-state index >= 15 is 0 Å². The summed E-state index contributed by atoms with van der Waals surface area (Å²) in [6.07, 6.45) is 0.535. The molecule has 0 saturated carbocycles. The molecule has 1 saturated heterocycles. The highest BCUT2D eigenvalue weighted by atomic mass is 28.4. The Balaban J connectivity index is 1.68. The van der Waals surface area contributed by atoms with Crippen molar-refractivity contribution in [1.29, 1.82) is 0 Å². The second-order valence-electron chi connectivity index (χ2n) is 10.3. The second kappa shape index (κ2) is 9.74. The number of imidazole rings is 1. The minimum atomic E-state index is -2.29. The number of hydrogen-bond acceptors (Lipinski definition) is 8. The molecule has 1 amide bonds. The molecule has 188 valence electrons. The lowest BCUT2D eigenvalue weighted by atomic mass is 9.98. The van der Waals surface area contributed by atoms with E-state index in [0.29, 0.717) is 16.7 Å². The molecule has 1 aromatic carbocycles. The monoisotopic (exact) mass is 499 g/mol. The van der Waals surface area contributed by atoms with E-state index in [-0.39, 0.29) is 30.0 Å². The van der Waals surface area contributed by atoms with Gasteiger partial charge in [-0.25, -0.2) is 15.0 Å². The molecule has 0 spiro atoms. The average molecular weight is 500 g/mol. The first kappa shape index (κ1) is 25.4. The Morgan fingerprint density at radius 1 is 1.23 bits per heavy atom. The van der Waals surface area contributed by atoms with Gasteiger partial charge < -0.3 is 29.3 Å². The van der Waals surface area contributed by atoms with E-state index in [9.17, 15) is 15.0 Å². The summed E-state index contributed by atoms with van der Waals surface area (Å²) in [5.41, 5.74) is 1.40. The maximum atomic E-state index is 12.7. The van der Waals surface area contributed by atoms with Crippen molar-refractivity contribution in [3.8, 4) is 0 Å². The van der Waals surface area contributed by atoms with Crippen LogP contribution >= 0.6 is 0 Å². The molecular weight excluding hydrogens is 466 g/mol. The van der Waals surface area contributed by atoms with E-state index in [2.05, 4.69) is 54.1 Å². The minimum Gasteiger partial charge on any atom is -0.409 e. The number of ether oxygens (including phenoxy) is 1. The van der Waals surface area contributed by atoms with Gasteiger partial charge in [0.1, 0.15) is 18.5 Å². The number of rotatable bonds is 6. The third kappa shape index (κ3) is 5.00. The molecule has 2 aromatic heterocycles. The Hall–Kier alpha value is -2.70. The number of carbonyl (C=O) groups excluding carboxylic acids is 1. The van der Waals surface area contributed by atoms with E-state index in [1.54, 1.807) is 35.2 Å². The normalized spacial score (nSPS) is 23.4. The first-order chi connectivity index (χ1) is 16.5. The van der Waals surface area contributed by atoms with Crippen LogP contribution in [0, 0.1) is 0 Å². The molecule has 10 nitrogen and oxygen atoms in total. The van der Waals surface area contributed by atoms with Crippen LogP contribution in [0.5, 0.6) is 0 Å². The number of aromatic nitrogens is 4. The lowest BCUT2D eigenvalue weighted by Gasteiger charge is -2.46. The van der Waals surface area contributed by atoms with Gasteiger partial charge in [0.25, 0.3) is 5.91 Å². The molecule has 1 aliphatic rings. The molecule has 0 unspecified atom stereocenters. The van der Waals surface area contributed by atoms with Crippen LogP contribution in [0.1, 0.15) is 37.2 Å². The number of nitrogens with one attached hydrogen (secondary N) is 1. The number of hydrogen-bond donors (Lipinski definition) is 3. The van der Waals surface area contributed by atoms with Gasteiger partial charge in [0.05, 0.1) is 31.7 Å². The number of nitrogens with zero attached hydrogens (tertiary/aromatic N) is 4. The van der Waals surface area contributed by atoms with Crippen molar-refractivity contribution in [3.63, 3.8) is 0 Å². The molecule has 0 aliphatic carbocycles. The highest BCUT2D eigenvalue weighted by Crippen LogP contribution is 2.41. The molecule has 4 rings (SSSR count). The van der Waals surface area contributed by atoms with E-state index in [1.807, 2.05) is 6.07 Å². The molecule has 11 heteroatoms. The third-order valence-corrected chi connectivity index (χ3v) is 11.5. The van der Waals surface area contributed by atoms with Crippen LogP contribution in [0.2, 0.25) is 18.1 Å². The topological polar surface area (TPSA) is 132 Å². The Kier molecular flexibility index (Phi) is 7.07. The Morgan fingerprint density at radius 2 is 1.94 bits per heavy atom. The van der Waals surface area contributed by atoms with Crippen molar-refractivity contribution in [2.24, 2.45) is 0 Å². The van der Waals surface area contributed by atoms with Crippen LogP contribution in [0.3, 0.4) is 0 Å². The van der Waals surface area contributed by atoms with Crippen molar-refractivity contribution in [3.05, 3.63) is 48.5 Å². The predicted octanol–water partition coefficient (Wildman–Crippen LogP) is 2.76. The number of aliphatic hydroxyl groups excluding tert-OH is 2. The third-order valence-electron chi connectivity index (χ3n) is 6.98. The average Bonchev–Trinajstić information content (AvgIpc) is 3.25. The summed E-state index contributed by atoms with van der Waals surface area (Å²) >= 11 is 0. The van der Waals surface area contributed by atoms with Gasteiger partial charge in [-0.15, -0.1) is 0 Å². The fourth-order valence-electron chi connectivity index (χ4n) is 3.87. The molecule has 35 heavy (non-hydrogen) atoms. The zero-order valence-corrected chi connectivity index (χ0v) is 21.7. The minimum absolute atomic E-state index is 0.0850. The number of carbonyl (C=O) groups is 1. The summed E-state index contributed by atoms with van der Waals surface area (Å²) in [7, 11) is -2.29. The molecule has 0 bridgehead atoms. The van der Waals surface area contributed by atoms with Crippen molar-refractivity contribution in [2.45, 2.75) is 63.3 Å². The molecule has 3 aromatic rings. The second-order valence-corrected chi connectivity index (χ2v) is 15.1. The van der Waals surface area contributed by atoms with Gasteiger partial charge in [0.15, 0.2) is 25.3 Å². The SMILES string of the molecule is CC(C)(C)[Si](C)(C)O[C@H]1[C@H](O)[C@@H](CO)OC[C@H]1n1cnc2c(NC(=O)c3ccccc3)ncnc21. The number of aliphatic hydroxyl groups is 2. The molecule has 1 aliphatic heterocycles. The van der Waals surface area contributed by atoms with Crippen LogP contribution in [0.4, 0.5) is 5.82 Å². The summed E-state index contributed by atoms with van der Waals surface area (Å²) in [6.45, 7) is 10.5. The molecule has 0 radical (unpaired) electrons. The van der Waals surface area contributed by atoms with Crippen LogP contribution in [0.15, 0.2) is 43.0 Å². The summed E-state index contributed by atoms with van der Waals surface area (Å²) < 4.78 is 14.2. The van der Waals surface area contributed by atoms with Gasteiger partial charge >= 0.3 is 0 Å². The standard InChI is InChI=1S/C24H33N5O5Si/c1-24(2,3)35(4,5)34-20-16(12-33-17(11-30)19(20)31)29-14-27-18-21(25-13-26-22(18)29)28-23(32)15-9-7-6-8-10-15/h6-10,13-14,16-17,19-20,30-31H,11-12H2,1-5H3,(H,25,26,28,32)/t16-,17-,19-,20-/m1/s1. The predicted molar refractivity (Wildman–Crippen MR) is 134 cm³/mol. The van der Waals surface area contributed by atoms with E-state index in [0.717, 1.165) is 0 Å². The van der Waals surface area contributed by atoms with Gasteiger partial charge in [-0.05, 0) is 30.3 Å². The Bertz CT molecular complexity index is 1180. The van der Waals surface area contributed by atoms with Crippen LogP contribution < -0.4 is 5.32 Å². The molecular formula is C24H33N5O5Si. The molecule has 4 atom stereocenters. The number of anilines is 1. The Labute approximate surface area is 205 Å². The zero-order valence-electron chi connectivity index (χ0n) is 20.7. The number of fused-ring (bicyclic) bond motifs is 1. The fourth-order valence-corrected chi connectivity index (χ4v) is 5.21. The van der Waals surface area contributed by atoms with Crippen LogP contribution in [-0.2, 0) is 9.16 Å². The lowest BCUT2D eigenvalue weighted by molar-refractivity contribution is -0.164. The quantitative estimate of drug-likeness (QED) is 0.441. The maximum absolute atomic E-state index is 12.7. The summed E-state index contributed by atoms with van der Waals surface area (Å²) in [5, 5.41) is 23.5. The highest BCUT2D eigenvalue weighted by molar-refractivity contribution is 6.74. The highest BCUT2D eigenvalue weighted by Gasteiger charge is 2.47. The van der Waals surface area contributed by atoms with Gasteiger partial charge in [-0.2, -0.15) is 0 Å². The van der Waals surface area contributed by atoms with Crippen LogP contribution in [-0.4, -0.2) is 75.5 Å². The lowest BCUT2D eigenvalue weighted by Crippen LogP contribution is -2.57.